The van der Waals surface area contributed by atoms with Gasteiger partial charge in [-0.3, -0.25) is 4.79 Å². The number of amides is 1. The molecule has 3 N–H and O–H groups in total. The van der Waals surface area contributed by atoms with Gasteiger partial charge in [0.25, 0.3) is 0 Å². The second-order valence-corrected chi connectivity index (χ2v) is 12.6. The molecule has 1 amide bonds. The van der Waals surface area contributed by atoms with Crippen LogP contribution in [0, 0.1) is 11.8 Å². The SMILES string of the molecule is COc1ccccc1CN(CC(=O)NCC1CCC(CN)CC1)S(=O)(=O)c1ccc(-c2cccc(C(F)(F)F)c2)cc1. The number of halogens is 3. The Labute approximate surface area is 244 Å². The molecule has 1 fully saturated rings. The molecule has 3 aromatic carbocycles. The number of benzene rings is 3. The number of ether oxygens (including phenoxy) is 1. The fourth-order valence-electron chi connectivity index (χ4n) is 5.24. The quantitative estimate of drug-likeness (QED) is 0.304. The minimum atomic E-state index is -4.50. The predicted octanol–water partition coefficient (Wildman–Crippen LogP) is 5.45. The number of hydrogen-bond donors (Lipinski definition) is 2. The van der Waals surface area contributed by atoms with Crippen LogP contribution in [-0.4, -0.2) is 45.4 Å². The smallest absolute Gasteiger partial charge is 0.416 e. The molecule has 0 saturated heterocycles. The largest absolute Gasteiger partial charge is 0.496 e. The summed E-state index contributed by atoms with van der Waals surface area (Å²) in [5, 5.41) is 2.90. The van der Waals surface area contributed by atoms with Crippen LogP contribution in [0.15, 0.2) is 77.7 Å². The lowest BCUT2D eigenvalue weighted by atomic mass is 9.82. The van der Waals surface area contributed by atoms with Crippen LogP contribution < -0.4 is 15.8 Å². The molecule has 0 atom stereocenters. The Morgan fingerprint density at radius 1 is 0.952 bits per heavy atom. The molecule has 7 nitrogen and oxygen atoms in total. The zero-order valence-electron chi connectivity index (χ0n) is 23.4. The molecular formula is C31H36F3N3O4S. The van der Waals surface area contributed by atoms with E-state index in [-0.39, 0.29) is 11.4 Å². The van der Waals surface area contributed by atoms with Crippen LogP contribution in [0.3, 0.4) is 0 Å². The van der Waals surface area contributed by atoms with Crippen LogP contribution in [0.5, 0.6) is 5.75 Å². The number of carbonyl (C=O) groups is 1. The van der Waals surface area contributed by atoms with Crippen molar-refractivity contribution in [1.82, 2.24) is 9.62 Å². The number of para-hydroxylation sites is 1. The third-order valence-electron chi connectivity index (χ3n) is 7.76. The van der Waals surface area contributed by atoms with E-state index in [1.54, 1.807) is 24.3 Å². The van der Waals surface area contributed by atoms with Crippen molar-refractivity contribution in [3.63, 3.8) is 0 Å². The van der Waals surface area contributed by atoms with Gasteiger partial charge in [-0.1, -0.05) is 42.5 Å². The van der Waals surface area contributed by atoms with Gasteiger partial charge >= 0.3 is 6.18 Å². The number of sulfonamides is 1. The molecule has 1 aliphatic rings. The van der Waals surface area contributed by atoms with Crippen molar-refractivity contribution in [3.05, 3.63) is 83.9 Å². The van der Waals surface area contributed by atoms with E-state index in [4.69, 9.17) is 10.5 Å². The molecule has 226 valence electrons. The Kier molecular flexibility index (Phi) is 10.3. The molecule has 0 aromatic heterocycles. The first-order valence-electron chi connectivity index (χ1n) is 13.9. The summed E-state index contributed by atoms with van der Waals surface area (Å²) in [7, 11) is -2.70. The highest BCUT2D eigenvalue weighted by Gasteiger charge is 2.31. The maximum absolute atomic E-state index is 13.8. The second-order valence-electron chi connectivity index (χ2n) is 10.6. The van der Waals surface area contributed by atoms with Crippen molar-refractivity contribution >= 4 is 15.9 Å². The predicted molar refractivity (Wildman–Crippen MR) is 155 cm³/mol. The van der Waals surface area contributed by atoms with E-state index in [2.05, 4.69) is 5.32 Å². The topological polar surface area (TPSA) is 102 Å². The lowest BCUT2D eigenvalue weighted by Crippen LogP contribution is -2.42. The Morgan fingerprint density at radius 2 is 1.62 bits per heavy atom. The van der Waals surface area contributed by atoms with Crippen LogP contribution in [0.1, 0.15) is 36.8 Å². The minimum Gasteiger partial charge on any atom is -0.496 e. The van der Waals surface area contributed by atoms with Gasteiger partial charge in [-0.2, -0.15) is 17.5 Å². The van der Waals surface area contributed by atoms with Crippen LogP contribution in [0.4, 0.5) is 13.2 Å². The highest BCUT2D eigenvalue weighted by molar-refractivity contribution is 7.89. The van der Waals surface area contributed by atoms with Gasteiger partial charge in [-0.25, -0.2) is 8.42 Å². The summed E-state index contributed by atoms with van der Waals surface area (Å²) in [4.78, 5) is 12.9. The van der Waals surface area contributed by atoms with Gasteiger partial charge in [0.1, 0.15) is 5.75 Å². The fourth-order valence-corrected chi connectivity index (χ4v) is 6.61. The third kappa shape index (κ3) is 7.90. The average molecular weight is 604 g/mol. The van der Waals surface area contributed by atoms with Gasteiger partial charge < -0.3 is 15.8 Å². The number of carbonyl (C=O) groups excluding carboxylic acids is 1. The summed E-state index contributed by atoms with van der Waals surface area (Å²) in [6, 6.07) is 17.4. The van der Waals surface area contributed by atoms with Crippen molar-refractivity contribution in [1.29, 1.82) is 0 Å². The van der Waals surface area contributed by atoms with Crippen LogP contribution >= 0.6 is 0 Å². The number of alkyl halides is 3. The first kappa shape index (κ1) is 31.5. The zero-order chi connectivity index (χ0) is 30.3. The normalized spacial score (nSPS) is 17.7. The minimum absolute atomic E-state index is 0.0824. The molecule has 1 aliphatic carbocycles. The van der Waals surface area contributed by atoms with Gasteiger partial charge in [0, 0.05) is 18.7 Å². The van der Waals surface area contributed by atoms with Gasteiger partial charge in [0.15, 0.2) is 0 Å². The van der Waals surface area contributed by atoms with Gasteiger partial charge in [0.05, 0.1) is 24.1 Å². The number of hydrogen-bond acceptors (Lipinski definition) is 5. The molecular weight excluding hydrogens is 567 g/mol. The standard InChI is InChI=1S/C31H36F3N3O4S/c1-41-29-8-3-2-5-26(29)20-37(21-30(38)36-19-23-11-9-22(18-35)10-12-23)42(39,40)28-15-13-24(14-16-28)25-6-4-7-27(17-25)31(32,33)34/h2-8,13-17,22-23H,9-12,18-21,35H2,1H3,(H,36,38). The molecule has 3 aromatic rings. The molecule has 0 unspecified atom stereocenters. The number of methoxy groups -OCH3 is 1. The van der Waals surface area contributed by atoms with E-state index in [0.29, 0.717) is 47.4 Å². The fraction of sp³-hybridized carbons (Fsp3) is 0.387. The summed E-state index contributed by atoms with van der Waals surface area (Å²) in [6.07, 6.45) is -0.542. The number of nitrogens with one attached hydrogen (secondary N) is 1. The molecule has 11 heteroatoms. The number of rotatable bonds is 11. The number of nitrogens with zero attached hydrogens (tertiary/aromatic N) is 1. The van der Waals surface area contributed by atoms with E-state index < -0.39 is 34.2 Å². The molecule has 4 rings (SSSR count). The Balaban J connectivity index is 1.54. The van der Waals surface area contributed by atoms with Crippen molar-refractivity contribution in [3.8, 4) is 16.9 Å². The monoisotopic (exact) mass is 603 g/mol. The van der Waals surface area contributed by atoms with Crippen LogP contribution in [-0.2, 0) is 27.5 Å². The zero-order valence-corrected chi connectivity index (χ0v) is 24.3. The summed E-state index contributed by atoms with van der Waals surface area (Å²) in [5.74, 6) is 0.891. The highest BCUT2D eigenvalue weighted by atomic mass is 32.2. The lowest BCUT2D eigenvalue weighted by Gasteiger charge is -2.28. The van der Waals surface area contributed by atoms with E-state index >= 15 is 0 Å². The maximum Gasteiger partial charge on any atom is 0.416 e. The molecule has 0 radical (unpaired) electrons. The average Bonchev–Trinajstić information content (AvgIpc) is 3.00. The molecule has 0 aliphatic heterocycles. The highest BCUT2D eigenvalue weighted by Crippen LogP contribution is 2.33. The molecule has 0 spiro atoms. The summed E-state index contributed by atoms with van der Waals surface area (Å²) >= 11 is 0. The first-order chi connectivity index (χ1) is 20.0. The van der Waals surface area contributed by atoms with Crippen molar-refractivity contribution in [2.45, 2.75) is 43.3 Å². The molecule has 0 bridgehead atoms. The Morgan fingerprint density at radius 3 is 2.26 bits per heavy atom. The second kappa shape index (κ2) is 13.7. The Bertz CT molecular complexity index is 1450. The molecule has 42 heavy (non-hydrogen) atoms. The summed E-state index contributed by atoms with van der Waals surface area (Å²) in [6.45, 7) is 0.602. The van der Waals surface area contributed by atoms with Gasteiger partial charge in [-0.05, 0) is 85.5 Å². The van der Waals surface area contributed by atoms with E-state index in [0.717, 1.165) is 42.1 Å². The maximum atomic E-state index is 13.8. The van der Waals surface area contributed by atoms with Crippen molar-refractivity contribution < 1.29 is 31.1 Å². The molecule has 1 saturated carbocycles. The van der Waals surface area contributed by atoms with Crippen LogP contribution in [0.25, 0.3) is 11.1 Å². The van der Waals surface area contributed by atoms with E-state index in [1.807, 2.05) is 0 Å². The molecule has 0 heterocycles. The van der Waals surface area contributed by atoms with Gasteiger partial charge in [0.2, 0.25) is 15.9 Å². The van der Waals surface area contributed by atoms with E-state index in [1.165, 1.54) is 43.5 Å². The number of nitrogens with two attached hydrogens (primary N) is 1. The van der Waals surface area contributed by atoms with Crippen molar-refractivity contribution in [2.24, 2.45) is 17.6 Å². The van der Waals surface area contributed by atoms with Gasteiger partial charge in [-0.15, -0.1) is 0 Å². The third-order valence-corrected chi connectivity index (χ3v) is 9.57. The van der Waals surface area contributed by atoms with E-state index in [9.17, 15) is 26.4 Å². The van der Waals surface area contributed by atoms with Crippen molar-refractivity contribution in [2.75, 3.05) is 26.7 Å². The lowest BCUT2D eigenvalue weighted by molar-refractivity contribution is -0.137. The van der Waals surface area contributed by atoms with Crippen LogP contribution in [0.2, 0.25) is 0 Å². The summed E-state index contributed by atoms with van der Waals surface area (Å²) < 4.78 is 73.7. The first-order valence-corrected chi connectivity index (χ1v) is 15.3. The Hall–Kier alpha value is -3.41. The summed E-state index contributed by atoms with van der Waals surface area (Å²) in [5.41, 5.74) is 6.30.